The maximum absolute atomic E-state index is 5.93. The SMILES string of the molecule is Cc1cccc(Oc2ccc(Nc3ncnc4ccc5c(c34)OCCN5)cc2)c1. The van der Waals surface area contributed by atoms with Crippen molar-refractivity contribution in [2.24, 2.45) is 0 Å². The lowest BCUT2D eigenvalue weighted by Crippen LogP contribution is -2.18. The molecule has 0 saturated carbocycles. The van der Waals surface area contributed by atoms with Gasteiger partial charge in [0.1, 0.15) is 30.3 Å². The van der Waals surface area contributed by atoms with Crippen LogP contribution < -0.4 is 20.1 Å². The molecular formula is C23H20N4O2. The molecule has 6 nitrogen and oxygen atoms in total. The smallest absolute Gasteiger partial charge is 0.155 e. The third kappa shape index (κ3) is 3.52. The highest BCUT2D eigenvalue weighted by molar-refractivity contribution is 5.99. The Morgan fingerprint density at radius 2 is 1.90 bits per heavy atom. The van der Waals surface area contributed by atoms with Crippen LogP contribution in [0.25, 0.3) is 10.9 Å². The van der Waals surface area contributed by atoms with E-state index in [0.29, 0.717) is 12.4 Å². The molecule has 144 valence electrons. The molecule has 0 bridgehead atoms. The Hall–Kier alpha value is -3.80. The normalized spacial score (nSPS) is 12.6. The van der Waals surface area contributed by atoms with E-state index in [1.807, 2.05) is 67.6 Å². The van der Waals surface area contributed by atoms with E-state index in [1.54, 1.807) is 6.33 Å². The van der Waals surface area contributed by atoms with Crippen molar-refractivity contribution in [3.63, 3.8) is 0 Å². The molecule has 0 aliphatic carbocycles. The maximum Gasteiger partial charge on any atom is 0.155 e. The van der Waals surface area contributed by atoms with Crippen LogP contribution in [-0.4, -0.2) is 23.1 Å². The molecule has 1 aliphatic rings. The van der Waals surface area contributed by atoms with E-state index in [-0.39, 0.29) is 0 Å². The van der Waals surface area contributed by atoms with Gasteiger partial charge in [-0.1, -0.05) is 12.1 Å². The van der Waals surface area contributed by atoms with Gasteiger partial charge in [-0.2, -0.15) is 0 Å². The van der Waals surface area contributed by atoms with Gasteiger partial charge < -0.3 is 20.1 Å². The lowest BCUT2D eigenvalue weighted by molar-refractivity contribution is 0.327. The number of fused-ring (bicyclic) bond motifs is 3. The van der Waals surface area contributed by atoms with Crippen LogP contribution >= 0.6 is 0 Å². The van der Waals surface area contributed by atoms with Crippen LogP contribution in [0, 0.1) is 6.92 Å². The first-order chi connectivity index (χ1) is 14.3. The van der Waals surface area contributed by atoms with Crippen LogP contribution in [0.5, 0.6) is 17.2 Å². The summed E-state index contributed by atoms with van der Waals surface area (Å²) in [7, 11) is 0. The first-order valence-corrected chi connectivity index (χ1v) is 9.52. The number of anilines is 3. The standard InChI is InChI=1S/C23H20N4O2/c1-15-3-2-4-18(13-15)29-17-7-5-16(6-8-17)27-23-21-19(25-14-26-23)9-10-20-22(21)28-12-11-24-20/h2-10,13-14,24H,11-12H2,1H3,(H,25,26,27). The Morgan fingerprint density at radius 1 is 1.00 bits per heavy atom. The molecule has 6 heteroatoms. The summed E-state index contributed by atoms with van der Waals surface area (Å²) in [6.45, 7) is 3.45. The summed E-state index contributed by atoms with van der Waals surface area (Å²) in [5.41, 5.74) is 3.87. The van der Waals surface area contributed by atoms with Gasteiger partial charge in [-0.05, 0) is 61.0 Å². The number of nitrogens with zero attached hydrogens (tertiary/aromatic N) is 2. The van der Waals surface area contributed by atoms with E-state index in [9.17, 15) is 0 Å². The Balaban J connectivity index is 1.42. The van der Waals surface area contributed by atoms with E-state index in [1.165, 1.54) is 0 Å². The zero-order valence-electron chi connectivity index (χ0n) is 16.0. The van der Waals surface area contributed by atoms with E-state index in [0.717, 1.165) is 51.6 Å². The number of nitrogens with one attached hydrogen (secondary N) is 2. The average molecular weight is 384 g/mol. The monoisotopic (exact) mass is 384 g/mol. The Morgan fingerprint density at radius 3 is 2.76 bits per heavy atom. The summed E-state index contributed by atoms with van der Waals surface area (Å²) in [5, 5.41) is 7.61. The molecular weight excluding hydrogens is 364 g/mol. The third-order valence-corrected chi connectivity index (χ3v) is 4.76. The van der Waals surface area contributed by atoms with Crippen molar-refractivity contribution in [3.8, 4) is 17.2 Å². The summed E-state index contributed by atoms with van der Waals surface area (Å²) >= 11 is 0. The molecule has 2 N–H and O–H groups in total. The molecule has 0 amide bonds. The van der Waals surface area contributed by atoms with E-state index >= 15 is 0 Å². The molecule has 1 aromatic heterocycles. The third-order valence-electron chi connectivity index (χ3n) is 4.76. The summed E-state index contributed by atoms with van der Waals surface area (Å²) in [6, 6.07) is 19.7. The second-order valence-electron chi connectivity index (χ2n) is 6.90. The Labute approximate surface area is 168 Å². The number of hydrogen-bond donors (Lipinski definition) is 2. The highest BCUT2D eigenvalue weighted by Crippen LogP contribution is 2.39. The van der Waals surface area contributed by atoms with Crippen molar-refractivity contribution < 1.29 is 9.47 Å². The number of aryl methyl sites for hydroxylation is 1. The zero-order chi connectivity index (χ0) is 19.6. The van der Waals surface area contributed by atoms with Gasteiger partial charge in [-0.25, -0.2) is 9.97 Å². The highest BCUT2D eigenvalue weighted by Gasteiger charge is 2.17. The number of hydrogen-bond acceptors (Lipinski definition) is 6. The number of rotatable bonds is 4. The van der Waals surface area contributed by atoms with Crippen molar-refractivity contribution >= 4 is 28.1 Å². The molecule has 4 aromatic rings. The van der Waals surface area contributed by atoms with Crippen LogP contribution in [0.3, 0.4) is 0 Å². The molecule has 5 rings (SSSR count). The van der Waals surface area contributed by atoms with Gasteiger partial charge >= 0.3 is 0 Å². The van der Waals surface area contributed by atoms with Gasteiger partial charge in [0.05, 0.1) is 16.6 Å². The van der Waals surface area contributed by atoms with Crippen molar-refractivity contribution in [1.29, 1.82) is 0 Å². The van der Waals surface area contributed by atoms with Crippen LogP contribution in [0.2, 0.25) is 0 Å². The maximum atomic E-state index is 5.93. The fourth-order valence-corrected chi connectivity index (χ4v) is 3.40. The van der Waals surface area contributed by atoms with Gasteiger partial charge in [-0.15, -0.1) is 0 Å². The van der Waals surface area contributed by atoms with E-state index < -0.39 is 0 Å². The topological polar surface area (TPSA) is 68.3 Å². The molecule has 3 aromatic carbocycles. The zero-order valence-corrected chi connectivity index (χ0v) is 16.0. The highest BCUT2D eigenvalue weighted by atomic mass is 16.5. The fraction of sp³-hybridized carbons (Fsp3) is 0.130. The van der Waals surface area contributed by atoms with E-state index in [4.69, 9.17) is 9.47 Å². The number of aromatic nitrogens is 2. The fourth-order valence-electron chi connectivity index (χ4n) is 3.40. The minimum absolute atomic E-state index is 0.617. The predicted molar refractivity (Wildman–Crippen MR) is 115 cm³/mol. The summed E-state index contributed by atoms with van der Waals surface area (Å²) < 4.78 is 11.8. The first kappa shape index (κ1) is 17.3. The lowest BCUT2D eigenvalue weighted by Gasteiger charge is -2.21. The lowest BCUT2D eigenvalue weighted by atomic mass is 10.1. The van der Waals surface area contributed by atoms with Crippen LogP contribution in [0.1, 0.15) is 5.56 Å². The first-order valence-electron chi connectivity index (χ1n) is 9.52. The number of benzene rings is 3. The minimum Gasteiger partial charge on any atom is -0.489 e. The van der Waals surface area contributed by atoms with Crippen molar-refractivity contribution in [3.05, 3.63) is 72.6 Å². The van der Waals surface area contributed by atoms with Gasteiger partial charge in [0.25, 0.3) is 0 Å². The Kier molecular flexibility index (Phi) is 4.37. The van der Waals surface area contributed by atoms with Crippen molar-refractivity contribution in [2.75, 3.05) is 23.8 Å². The van der Waals surface area contributed by atoms with E-state index in [2.05, 4.69) is 20.6 Å². The van der Waals surface area contributed by atoms with Gasteiger partial charge in [0, 0.05) is 12.2 Å². The predicted octanol–water partition coefficient (Wildman–Crippen LogP) is 5.28. The summed E-state index contributed by atoms with van der Waals surface area (Å²) in [4.78, 5) is 8.83. The van der Waals surface area contributed by atoms with Crippen LogP contribution in [0.4, 0.5) is 17.2 Å². The molecule has 0 saturated heterocycles. The molecule has 0 radical (unpaired) electrons. The minimum atomic E-state index is 0.617. The largest absolute Gasteiger partial charge is 0.489 e. The second-order valence-corrected chi connectivity index (χ2v) is 6.90. The molecule has 0 spiro atoms. The molecule has 0 fully saturated rings. The molecule has 0 unspecified atom stereocenters. The quantitative estimate of drug-likeness (QED) is 0.499. The number of ether oxygens (including phenoxy) is 2. The Bertz CT molecular complexity index is 1180. The molecule has 29 heavy (non-hydrogen) atoms. The van der Waals surface area contributed by atoms with Gasteiger partial charge in [0.2, 0.25) is 0 Å². The van der Waals surface area contributed by atoms with Gasteiger partial charge in [-0.3, -0.25) is 0 Å². The summed E-state index contributed by atoms with van der Waals surface area (Å²) in [5.74, 6) is 3.10. The summed E-state index contributed by atoms with van der Waals surface area (Å²) in [6.07, 6.45) is 1.56. The van der Waals surface area contributed by atoms with Crippen molar-refractivity contribution in [2.45, 2.75) is 6.92 Å². The van der Waals surface area contributed by atoms with Crippen molar-refractivity contribution in [1.82, 2.24) is 9.97 Å². The second kappa shape index (κ2) is 7.31. The van der Waals surface area contributed by atoms with Crippen LogP contribution in [0.15, 0.2) is 67.0 Å². The molecule has 0 atom stereocenters. The molecule has 2 heterocycles. The molecule has 1 aliphatic heterocycles. The average Bonchev–Trinajstić information content (AvgIpc) is 2.75. The van der Waals surface area contributed by atoms with Crippen LogP contribution in [-0.2, 0) is 0 Å². The van der Waals surface area contributed by atoms with Gasteiger partial charge in [0.15, 0.2) is 5.75 Å².